The van der Waals surface area contributed by atoms with E-state index in [-0.39, 0.29) is 11.8 Å². The molecule has 1 fully saturated rings. The summed E-state index contributed by atoms with van der Waals surface area (Å²) in [6.45, 7) is 1.85. The van der Waals surface area contributed by atoms with Crippen molar-refractivity contribution >= 4 is 23.5 Å². The van der Waals surface area contributed by atoms with Crippen molar-refractivity contribution in [3.05, 3.63) is 34.3 Å². The van der Waals surface area contributed by atoms with E-state index in [0.29, 0.717) is 10.6 Å². The predicted molar refractivity (Wildman–Crippen MR) is 81.7 cm³/mol. The maximum absolute atomic E-state index is 12.2. The maximum atomic E-state index is 12.2. The molecule has 2 N–H and O–H groups in total. The average molecular weight is 310 g/mol. The lowest BCUT2D eigenvalue weighted by molar-refractivity contribution is -0.141. The molecule has 4 nitrogen and oxygen atoms in total. The maximum Gasteiger partial charge on any atom is 0.326 e. The zero-order chi connectivity index (χ0) is 15.4. The van der Waals surface area contributed by atoms with Crippen LogP contribution in [0.25, 0.3) is 0 Å². The van der Waals surface area contributed by atoms with Gasteiger partial charge in [0.25, 0.3) is 5.91 Å². The van der Waals surface area contributed by atoms with Crippen LogP contribution in [-0.4, -0.2) is 23.0 Å². The van der Waals surface area contributed by atoms with Crippen LogP contribution in [0.4, 0.5) is 0 Å². The number of nitrogens with one attached hydrogen (secondary N) is 1. The summed E-state index contributed by atoms with van der Waals surface area (Å²) in [6.07, 6.45) is 4.91. The number of carboxylic acids is 1. The number of carbonyl (C=O) groups excluding carboxylic acids is 1. The minimum absolute atomic E-state index is 0.0149. The molecule has 0 bridgehead atoms. The van der Waals surface area contributed by atoms with Gasteiger partial charge in [-0.25, -0.2) is 4.79 Å². The molecule has 21 heavy (non-hydrogen) atoms. The number of hydrogen-bond acceptors (Lipinski definition) is 2. The minimum atomic E-state index is -0.964. The molecule has 0 radical (unpaired) electrons. The van der Waals surface area contributed by atoms with E-state index in [0.717, 1.165) is 37.7 Å². The highest BCUT2D eigenvalue weighted by Gasteiger charge is 2.30. The Morgan fingerprint density at radius 3 is 2.52 bits per heavy atom. The Kier molecular flexibility index (Phi) is 5.23. The molecule has 114 valence electrons. The Bertz CT molecular complexity index is 538. The van der Waals surface area contributed by atoms with Crippen LogP contribution in [0, 0.1) is 12.8 Å². The number of amides is 1. The van der Waals surface area contributed by atoms with Gasteiger partial charge in [-0.3, -0.25) is 4.79 Å². The third-order valence-electron chi connectivity index (χ3n) is 4.11. The number of hydrogen-bond donors (Lipinski definition) is 2. The summed E-state index contributed by atoms with van der Waals surface area (Å²) >= 11 is 6.01. The number of rotatable bonds is 4. The molecular weight excluding hydrogens is 290 g/mol. The zero-order valence-corrected chi connectivity index (χ0v) is 12.8. The van der Waals surface area contributed by atoms with Crippen molar-refractivity contribution in [1.29, 1.82) is 0 Å². The van der Waals surface area contributed by atoms with Crippen molar-refractivity contribution in [2.45, 2.75) is 45.1 Å². The molecule has 0 spiro atoms. The minimum Gasteiger partial charge on any atom is -0.480 e. The third kappa shape index (κ3) is 3.97. The van der Waals surface area contributed by atoms with Crippen LogP contribution >= 0.6 is 11.6 Å². The lowest BCUT2D eigenvalue weighted by atomic mass is 9.84. The predicted octanol–water partition coefficient (Wildman–Crippen LogP) is 3.41. The number of halogens is 1. The molecule has 5 heteroatoms. The highest BCUT2D eigenvalue weighted by Crippen LogP contribution is 2.27. The summed E-state index contributed by atoms with van der Waals surface area (Å²) in [4.78, 5) is 23.7. The number of aliphatic carboxylic acids is 1. The average Bonchev–Trinajstić information content (AvgIpc) is 2.48. The van der Waals surface area contributed by atoms with Gasteiger partial charge in [0.2, 0.25) is 0 Å². The smallest absolute Gasteiger partial charge is 0.326 e. The lowest BCUT2D eigenvalue weighted by Crippen LogP contribution is -2.46. The van der Waals surface area contributed by atoms with E-state index >= 15 is 0 Å². The Morgan fingerprint density at radius 2 is 1.95 bits per heavy atom. The van der Waals surface area contributed by atoms with E-state index in [9.17, 15) is 14.7 Å². The first kappa shape index (κ1) is 15.8. The van der Waals surface area contributed by atoms with Gasteiger partial charge in [0.05, 0.1) is 0 Å². The number of carboxylic acid groups (broad SMARTS) is 1. The van der Waals surface area contributed by atoms with Gasteiger partial charge < -0.3 is 10.4 Å². The van der Waals surface area contributed by atoms with Crippen molar-refractivity contribution in [2.75, 3.05) is 0 Å². The third-order valence-corrected chi connectivity index (χ3v) is 4.52. The van der Waals surface area contributed by atoms with E-state index in [1.807, 2.05) is 6.92 Å². The van der Waals surface area contributed by atoms with Gasteiger partial charge in [0.15, 0.2) is 0 Å². The Balaban J connectivity index is 2.10. The Labute approximate surface area is 129 Å². The Hall–Kier alpha value is -1.55. The van der Waals surface area contributed by atoms with Gasteiger partial charge in [-0.05, 0) is 43.4 Å². The van der Waals surface area contributed by atoms with Crippen molar-refractivity contribution in [3.63, 3.8) is 0 Å². The van der Waals surface area contributed by atoms with E-state index in [2.05, 4.69) is 5.32 Å². The molecule has 0 aromatic heterocycles. The van der Waals surface area contributed by atoms with E-state index in [1.54, 1.807) is 18.2 Å². The summed E-state index contributed by atoms with van der Waals surface area (Å²) < 4.78 is 0. The molecule has 1 unspecified atom stereocenters. The summed E-state index contributed by atoms with van der Waals surface area (Å²) in [5.41, 5.74) is 1.28. The molecule has 1 aromatic carbocycles. The van der Waals surface area contributed by atoms with Crippen LogP contribution in [-0.2, 0) is 4.79 Å². The van der Waals surface area contributed by atoms with E-state index < -0.39 is 12.0 Å². The monoisotopic (exact) mass is 309 g/mol. The number of carbonyl (C=O) groups is 2. The van der Waals surface area contributed by atoms with Crippen LogP contribution < -0.4 is 5.32 Å². The second kappa shape index (κ2) is 6.94. The van der Waals surface area contributed by atoms with Gasteiger partial charge >= 0.3 is 5.97 Å². The molecule has 1 amide bonds. The first-order valence-electron chi connectivity index (χ1n) is 7.29. The Morgan fingerprint density at radius 1 is 1.29 bits per heavy atom. The quantitative estimate of drug-likeness (QED) is 0.895. The second-order valence-electron chi connectivity index (χ2n) is 5.65. The second-order valence-corrected chi connectivity index (χ2v) is 6.06. The molecule has 1 aromatic rings. The molecule has 1 aliphatic carbocycles. The highest BCUT2D eigenvalue weighted by molar-refractivity contribution is 6.31. The van der Waals surface area contributed by atoms with Crippen LogP contribution in [0.2, 0.25) is 5.02 Å². The molecule has 2 rings (SSSR count). The fourth-order valence-electron chi connectivity index (χ4n) is 2.81. The van der Waals surface area contributed by atoms with Crippen molar-refractivity contribution in [2.24, 2.45) is 5.92 Å². The summed E-state index contributed by atoms with van der Waals surface area (Å²) in [7, 11) is 0. The van der Waals surface area contributed by atoms with Crippen LogP contribution in [0.15, 0.2) is 18.2 Å². The normalized spacial score (nSPS) is 17.2. The summed E-state index contributed by atoms with van der Waals surface area (Å²) in [6, 6.07) is 4.17. The SMILES string of the molecule is Cc1ccc(C(=O)NC(C(=O)O)C2CCCCC2)cc1Cl. The van der Waals surface area contributed by atoms with Crippen LogP contribution in [0.5, 0.6) is 0 Å². The molecule has 1 atom stereocenters. The molecule has 0 aliphatic heterocycles. The molecule has 1 saturated carbocycles. The van der Waals surface area contributed by atoms with Crippen LogP contribution in [0.3, 0.4) is 0 Å². The standard InChI is InChI=1S/C16H20ClNO3/c1-10-7-8-12(9-13(10)17)15(19)18-14(16(20)21)11-5-3-2-4-6-11/h7-9,11,14H,2-6H2,1H3,(H,18,19)(H,20,21). The van der Waals surface area contributed by atoms with E-state index in [4.69, 9.17) is 11.6 Å². The lowest BCUT2D eigenvalue weighted by Gasteiger charge is -2.28. The largest absolute Gasteiger partial charge is 0.480 e. The van der Waals surface area contributed by atoms with Gasteiger partial charge in [0.1, 0.15) is 6.04 Å². The number of benzene rings is 1. The van der Waals surface area contributed by atoms with Crippen molar-refractivity contribution in [3.8, 4) is 0 Å². The molecule has 1 aliphatic rings. The zero-order valence-electron chi connectivity index (χ0n) is 12.1. The fourth-order valence-corrected chi connectivity index (χ4v) is 2.99. The molecule has 0 saturated heterocycles. The number of aryl methyl sites for hydroxylation is 1. The van der Waals surface area contributed by atoms with Crippen molar-refractivity contribution in [1.82, 2.24) is 5.32 Å². The van der Waals surface area contributed by atoms with Gasteiger partial charge in [0, 0.05) is 10.6 Å². The summed E-state index contributed by atoms with van der Waals surface area (Å²) in [5.74, 6) is -1.33. The van der Waals surface area contributed by atoms with Gasteiger partial charge in [-0.1, -0.05) is 36.9 Å². The topological polar surface area (TPSA) is 66.4 Å². The van der Waals surface area contributed by atoms with E-state index in [1.165, 1.54) is 0 Å². The molecular formula is C16H20ClNO3. The van der Waals surface area contributed by atoms with Gasteiger partial charge in [-0.15, -0.1) is 0 Å². The van der Waals surface area contributed by atoms with Crippen molar-refractivity contribution < 1.29 is 14.7 Å². The highest BCUT2D eigenvalue weighted by atomic mass is 35.5. The first-order chi connectivity index (χ1) is 9.99. The summed E-state index contributed by atoms with van der Waals surface area (Å²) in [5, 5.41) is 12.5. The van der Waals surface area contributed by atoms with Crippen LogP contribution in [0.1, 0.15) is 48.0 Å². The molecule has 0 heterocycles. The first-order valence-corrected chi connectivity index (χ1v) is 7.66. The fraction of sp³-hybridized carbons (Fsp3) is 0.500. The van der Waals surface area contributed by atoms with Gasteiger partial charge in [-0.2, -0.15) is 0 Å².